The van der Waals surface area contributed by atoms with Crippen molar-refractivity contribution in [2.45, 2.75) is 32.2 Å². The van der Waals surface area contributed by atoms with E-state index in [0.717, 1.165) is 11.5 Å². The lowest BCUT2D eigenvalue weighted by molar-refractivity contribution is -0.143. The van der Waals surface area contributed by atoms with Crippen LogP contribution in [0, 0.1) is 0 Å². The van der Waals surface area contributed by atoms with Gasteiger partial charge < -0.3 is 19.9 Å². The largest absolute Gasteiger partial charge is 0.496 e. The van der Waals surface area contributed by atoms with Crippen molar-refractivity contribution in [1.29, 1.82) is 0 Å². The Morgan fingerprint density at radius 2 is 1.73 bits per heavy atom. The predicted octanol–water partition coefficient (Wildman–Crippen LogP) is 5.59. The summed E-state index contributed by atoms with van der Waals surface area (Å²) in [7, 11) is 1.28. The predicted molar refractivity (Wildman–Crippen MR) is 131 cm³/mol. The summed E-state index contributed by atoms with van der Waals surface area (Å²) in [5.74, 6) is -1.57. The number of methoxy groups -OCH3 is 1. The fourth-order valence-electron chi connectivity index (χ4n) is 3.78. The molecule has 0 unspecified atom stereocenters. The number of carbonyl (C=O) groups excluding carboxylic acids is 1. The van der Waals surface area contributed by atoms with Crippen LogP contribution >= 0.6 is 0 Å². The number of hydrogen-bond acceptors (Lipinski definition) is 5. The summed E-state index contributed by atoms with van der Waals surface area (Å²) in [5, 5.41) is 13.7. The number of ether oxygens (including phenoxy) is 2. The van der Waals surface area contributed by atoms with Crippen molar-refractivity contribution in [2.75, 3.05) is 7.11 Å². The molecule has 1 aromatic heterocycles. The minimum absolute atomic E-state index is 0.0142. The number of hydrogen-bond donors (Lipinski definition) is 2. The van der Waals surface area contributed by atoms with Gasteiger partial charge >= 0.3 is 12.1 Å². The summed E-state index contributed by atoms with van der Waals surface area (Å²) in [4.78, 5) is 28.2. The summed E-state index contributed by atoms with van der Waals surface area (Å²) in [6, 6.07) is 16.0. The van der Waals surface area contributed by atoms with E-state index in [0.29, 0.717) is 16.3 Å². The van der Waals surface area contributed by atoms with Gasteiger partial charge in [0, 0.05) is 16.8 Å². The molecule has 37 heavy (non-hydrogen) atoms. The van der Waals surface area contributed by atoms with Crippen molar-refractivity contribution in [3.05, 3.63) is 77.5 Å². The van der Waals surface area contributed by atoms with Crippen molar-refractivity contribution in [2.24, 2.45) is 0 Å². The molecule has 4 rings (SSSR count). The van der Waals surface area contributed by atoms with Gasteiger partial charge in [-0.1, -0.05) is 36.4 Å². The van der Waals surface area contributed by atoms with Gasteiger partial charge in [-0.15, -0.1) is 0 Å². The Kier molecular flexibility index (Phi) is 6.68. The normalized spacial score (nSPS) is 11.9. The molecule has 7 nitrogen and oxygen atoms in total. The van der Waals surface area contributed by atoms with E-state index in [1.165, 1.54) is 27.0 Å². The number of rotatable bonds is 7. The molecular formula is C27H23F3N2O5. The highest BCUT2D eigenvalue weighted by Gasteiger charge is 2.34. The quantitative estimate of drug-likeness (QED) is 0.335. The third-order valence-electron chi connectivity index (χ3n) is 5.81. The molecule has 4 aromatic rings. The lowest BCUT2D eigenvalue weighted by Gasteiger charge is -2.22. The maximum Gasteiger partial charge on any atom is 0.433 e. The SMILES string of the molecule is COc1cc(C(F)(F)F)nc2ccc(COc3c(C(=O)NC(C)(C)C(=O)O)ccc4ccccc34)cc12. The Morgan fingerprint density at radius 3 is 2.41 bits per heavy atom. The first-order valence-electron chi connectivity index (χ1n) is 11.2. The second-order valence-corrected chi connectivity index (χ2v) is 8.90. The fourth-order valence-corrected chi connectivity index (χ4v) is 3.78. The van der Waals surface area contributed by atoms with E-state index in [2.05, 4.69) is 10.3 Å². The number of pyridine rings is 1. The molecule has 0 aliphatic heterocycles. The minimum Gasteiger partial charge on any atom is -0.496 e. The molecule has 3 aromatic carbocycles. The third-order valence-corrected chi connectivity index (χ3v) is 5.81. The molecule has 0 saturated heterocycles. The summed E-state index contributed by atoms with van der Waals surface area (Å²) in [6.45, 7) is 2.71. The number of alkyl halides is 3. The molecule has 0 aliphatic rings. The van der Waals surface area contributed by atoms with Crippen molar-refractivity contribution < 1.29 is 37.3 Å². The summed E-state index contributed by atoms with van der Waals surface area (Å²) in [5.41, 5.74) is -1.73. The Bertz CT molecular complexity index is 1520. The molecule has 0 bridgehead atoms. The van der Waals surface area contributed by atoms with Gasteiger partial charge in [0.2, 0.25) is 0 Å². The number of benzene rings is 3. The van der Waals surface area contributed by atoms with Gasteiger partial charge in [-0.05, 0) is 43.0 Å². The highest BCUT2D eigenvalue weighted by Crippen LogP contribution is 2.35. The Balaban J connectivity index is 1.71. The van der Waals surface area contributed by atoms with Gasteiger partial charge in [-0.25, -0.2) is 9.78 Å². The molecule has 0 saturated carbocycles. The lowest BCUT2D eigenvalue weighted by Crippen LogP contribution is -2.49. The van der Waals surface area contributed by atoms with Crippen LogP contribution in [0.3, 0.4) is 0 Å². The van der Waals surface area contributed by atoms with E-state index >= 15 is 0 Å². The first-order valence-corrected chi connectivity index (χ1v) is 11.2. The third kappa shape index (κ3) is 5.28. The lowest BCUT2D eigenvalue weighted by atomic mass is 10.0. The van der Waals surface area contributed by atoms with Crippen LogP contribution in [0.1, 0.15) is 35.5 Å². The monoisotopic (exact) mass is 512 g/mol. The number of fused-ring (bicyclic) bond motifs is 2. The number of nitrogens with zero attached hydrogens (tertiary/aromatic N) is 1. The van der Waals surface area contributed by atoms with Crippen LogP contribution in [0.25, 0.3) is 21.7 Å². The highest BCUT2D eigenvalue weighted by atomic mass is 19.4. The van der Waals surface area contributed by atoms with E-state index in [1.807, 2.05) is 12.1 Å². The number of nitrogens with one attached hydrogen (secondary N) is 1. The number of carboxylic acid groups (broad SMARTS) is 1. The van der Waals surface area contributed by atoms with Gasteiger partial charge in [-0.3, -0.25) is 4.79 Å². The number of halogens is 3. The van der Waals surface area contributed by atoms with Gasteiger partial charge in [0.05, 0.1) is 18.2 Å². The number of aliphatic carboxylic acids is 1. The molecule has 0 radical (unpaired) electrons. The van der Waals surface area contributed by atoms with Crippen LogP contribution in [0.2, 0.25) is 0 Å². The Hall–Kier alpha value is -4.34. The maximum atomic E-state index is 13.2. The van der Waals surface area contributed by atoms with Crippen LogP contribution in [-0.4, -0.2) is 34.6 Å². The molecule has 0 spiro atoms. The van der Waals surface area contributed by atoms with Crippen LogP contribution in [-0.2, 0) is 17.6 Å². The standard InChI is InChI=1S/C27H23F3N2O5/c1-26(2,25(34)35)32-24(33)18-10-9-16-6-4-5-7-17(16)23(18)37-14-15-8-11-20-19(12-15)21(36-3)13-22(31-20)27(28,29)30/h4-13H,14H2,1-3H3,(H,32,33)(H,34,35). The number of amides is 1. The van der Waals surface area contributed by atoms with Crippen LogP contribution in [0.15, 0.2) is 60.7 Å². The topological polar surface area (TPSA) is 97.8 Å². The minimum atomic E-state index is -4.62. The summed E-state index contributed by atoms with van der Waals surface area (Å²) >= 11 is 0. The molecule has 0 fully saturated rings. The molecular weight excluding hydrogens is 489 g/mol. The first kappa shape index (κ1) is 25.7. The number of carbonyl (C=O) groups is 2. The van der Waals surface area contributed by atoms with Gasteiger partial charge in [0.15, 0.2) is 0 Å². The van der Waals surface area contributed by atoms with Crippen molar-refractivity contribution >= 4 is 33.6 Å². The highest BCUT2D eigenvalue weighted by molar-refractivity contribution is 6.05. The molecule has 10 heteroatoms. The van der Waals surface area contributed by atoms with Gasteiger partial charge in [0.1, 0.15) is 29.3 Å². The zero-order chi connectivity index (χ0) is 27.0. The molecule has 1 amide bonds. The van der Waals surface area contributed by atoms with E-state index in [9.17, 15) is 27.9 Å². The Morgan fingerprint density at radius 1 is 1.00 bits per heavy atom. The molecule has 0 aliphatic carbocycles. The van der Waals surface area contributed by atoms with Crippen LogP contribution in [0.4, 0.5) is 13.2 Å². The molecule has 2 N–H and O–H groups in total. The fraction of sp³-hybridized carbons (Fsp3) is 0.222. The summed E-state index contributed by atoms with van der Waals surface area (Å²) in [6.07, 6.45) is -4.62. The zero-order valence-corrected chi connectivity index (χ0v) is 20.1. The van der Waals surface area contributed by atoms with Crippen molar-refractivity contribution in [1.82, 2.24) is 10.3 Å². The second kappa shape index (κ2) is 9.61. The first-order chi connectivity index (χ1) is 17.4. The van der Waals surface area contributed by atoms with E-state index in [1.54, 1.807) is 36.4 Å². The zero-order valence-electron chi connectivity index (χ0n) is 20.1. The van der Waals surface area contributed by atoms with Crippen LogP contribution in [0.5, 0.6) is 11.5 Å². The van der Waals surface area contributed by atoms with E-state index < -0.39 is 29.3 Å². The maximum absolute atomic E-state index is 13.2. The summed E-state index contributed by atoms with van der Waals surface area (Å²) < 4.78 is 50.8. The van der Waals surface area contributed by atoms with Crippen molar-refractivity contribution in [3.8, 4) is 11.5 Å². The molecule has 1 heterocycles. The molecule has 0 atom stereocenters. The number of carboxylic acids is 1. The van der Waals surface area contributed by atoms with E-state index in [4.69, 9.17) is 9.47 Å². The number of aromatic nitrogens is 1. The van der Waals surface area contributed by atoms with E-state index in [-0.39, 0.29) is 29.2 Å². The average Bonchev–Trinajstić information content (AvgIpc) is 2.85. The smallest absolute Gasteiger partial charge is 0.433 e. The second-order valence-electron chi connectivity index (χ2n) is 8.90. The van der Waals surface area contributed by atoms with Gasteiger partial charge in [0.25, 0.3) is 5.91 Å². The average molecular weight is 512 g/mol. The van der Waals surface area contributed by atoms with Crippen molar-refractivity contribution in [3.63, 3.8) is 0 Å². The Labute approximate surface area is 209 Å². The van der Waals surface area contributed by atoms with Crippen LogP contribution < -0.4 is 14.8 Å². The molecule has 192 valence electrons. The van der Waals surface area contributed by atoms with Gasteiger partial charge in [-0.2, -0.15) is 13.2 Å².